The van der Waals surface area contributed by atoms with Gasteiger partial charge in [-0.1, -0.05) is 24.3 Å². The second-order valence-electron chi connectivity index (χ2n) is 7.84. The summed E-state index contributed by atoms with van der Waals surface area (Å²) in [6.45, 7) is 1.17. The standard InChI is InChI=1S/C20H22N2O4/c23-18-8-7-17(26-18)20(25)22-11-13-5-6-14(22)10-21(13)19(24)16-9-12-3-1-2-4-15(12)16/h1-4,13-14,16-17H,5-11H2/t13?,14?,16?,17-/m0/s1. The second kappa shape index (κ2) is 5.83. The van der Waals surface area contributed by atoms with Gasteiger partial charge in [0.25, 0.3) is 5.91 Å². The number of piperazine rings is 1. The van der Waals surface area contributed by atoms with Gasteiger partial charge >= 0.3 is 5.97 Å². The summed E-state index contributed by atoms with van der Waals surface area (Å²) in [4.78, 5) is 41.0. The van der Waals surface area contributed by atoms with Crippen LogP contribution in [0.4, 0.5) is 0 Å². The Kier molecular flexibility index (Phi) is 3.55. The summed E-state index contributed by atoms with van der Waals surface area (Å²) in [6, 6.07) is 8.27. The molecule has 0 radical (unpaired) electrons. The molecule has 1 aliphatic carbocycles. The topological polar surface area (TPSA) is 66.9 Å². The monoisotopic (exact) mass is 354 g/mol. The first-order valence-electron chi connectivity index (χ1n) is 9.50. The number of hydrogen-bond donors (Lipinski definition) is 0. The molecule has 1 aromatic carbocycles. The van der Waals surface area contributed by atoms with Crippen molar-refractivity contribution < 1.29 is 19.1 Å². The molecule has 2 bridgehead atoms. The molecule has 0 spiro atoms. The molecule has 0 N–H and O–H groups in total. The van der Waals surface area contributed by atoms with Crippen LogP contribution < -0.4 is 0 Å². The van der Waals surface area contributed by atoms with Gasteiger partial charge in [-0.2, -0.15) is 0 Å². The minimum absolute atomic E-state index is 0.0227. The summed E-state index contributed by atoms with van der Waals surface area (Å²) in [5, 5.41) is 0. The lowest BCUT2D eigenvalue weighted by molar-refractivity contribution is -0.162. The van der Waals surface area contributed by atoms with Crippen molar-refractivity contribution in [2.24, 2.45) is 0 Å². The number of cyclic esters (lactones) is 1. The number of amides is 2. The third-order valence-electron chi connectivity index (χ3n) is 6.41. The highest BCUT2D eigenvalue weighted by Gasteiger charge is 2.47. The highest BCUT2D eigenvalue weighted by Crippen LogP contribution is 2.39. The Balaban J connectivity index is 1.28. The molecule has 6 rings (SSSR count). The molecule has 4 atom stereocenters. The molecule has 6 heteroatoms. The Morgan fingerprint density at radius 1 is 0.962 bits per heavy atom. The van der Waals surface area contributed by atoms with Crippen LogP contribution in [0.15, 0.2) is 24.3 Å². The zero-order chi connectivity index (χ0) is 17.8. The molecular weight excluding hydrogens is 332 g/mol. The smallest absolute Gasteiger partial charge is 0.306 e. The Bertz CT molecular complexity index is 792. The largest absolute Gasteiger partial charge is 0.452 e. The van der Waals surface area contributed by atoms with E-state index in [1.165, 1.54) is 5.56 Å². The molecule has 4 saturated heterocycles. The number of benzene rings is 1. The number of carbonyl (C=O) groups excluding carboxylic acids is 3. The number of esters is 1. The number of nitrogens with zero attached hydrogens (tertiary/aromatic N) is 2. The van der Waals surface area contributed by atoms with Crippen LogP contribution in [0.2, 0.25) is 0 Å². The lowest BCUT2D eigenvalue weighted by Crippen LogP contribution is -2.67. The molecule has 3 unspecified atom stereocenters. The average Bonchev–Trinajstić information content (AvgIpc) is 3.08. The average molecular weight is 354 g/mol. The van der Waals surface area contributed by atoms with Gasteiger partial charge in [0.05, 0.1) is 5.92 Å². The predicted octanol–water partition coefficient (Wildman–Crippen LogP) is 1.23. The quantitative estimate of drug-likeness (QED) is 0.750. The van der Waals surface area contributed by atoms with E-state index in [9.17, 15) is 14.4 Å². The highest BCUT2D eigenvalue weighted by atomic mass is 16.6. The van der Waals surface area contributed by atoms with Gasteiger partial charge in [-0.15, -0.1) is 0 Å². The van der Waals surface area contributed by atoms with Gasteiger partial charge in [-0.3, -0.25) is 14.4 Å². The molecular formula is C20H22N2O4. The van der Waals surface area contributed by atoms with Crippen LogP contribution >= 0.6 is 0 Å². The van der Waals surface area contributed by atoms with Crippen LogP contribution in [0.1, 0.15) is 42.7 Å². The lowest BCUT2D eigenvalue weighted by atomic mass is 9.76. The Morgan fingerprint density at radius 3 is 2.27 bits per heavy atom. The first-order chi connectivity index (χ1) is 12.6. The van der Waals surface area contributed by atoms with Crippen LogP contribution in [0.3, 0.4) is 0 Å². The van der Waals surface area contributed by atoms with Crippen molar-refractivity contribution in [1.82, 2.24) is 9.80 Å². The van der Waals surface area contributed by atoms with Crippen molar-refractivity contribution >= 4 is 17.8 Å². The van der Waals surface area contributed by atoms with E-state index in [-0.39, 0.29) is 35.8 Å². The number of ether oxygens (including phenoxy) is 1. The van der Waals surface area contributed by atoms with Gasteiger partial charge < -0.3 is 14.5 Å². The van der Waals surface area contributed by atoms with Gasteiger partial charge in [0.1, 0.15) is 0 Å². The fraction of sp³-hybridized carbons (Fsp3) is 0.550. The second-order valence-corrected chi connectivity index (χ2v) is 7.84. The van der Waals surface area contributed by atoms with E-state index in [0.29, 0.717) is 25.9 Å². The summed E-state index contributed by atoms with van der Waals surface area (Å²) >= 11 is 0. The fourth-order valence-electron chi connectivity index (χ4n) is 4.93. The molecule has 4 fully saturated rings. The molecule has 6 nitrogen and oxygen atoms in total. The molecule has 136 valence electrons. The number of fused-ring (bicyclic) bond motifs is 4. The van der Waals surface area contributed by atoms with Gasteiger partial charge in [-0.05, 0) is 30.4 Å². The molecule has 2 amide bonds. The normalized spacial score (nSPS) is 32.1. The van der Waals surface area contributed by atoms with E-state index >= 15 is 0 Å². The van der Waals surface area contributed by atoms with Crippen molar-refractivity contribution in [3.8, 4) is 0 Å². The Hall–Kier alpha value is -2.37. The summed E-state index contributed by atoms with van der Waals surface area (Å²) in [7, 11) is 0. The van der Waals surface area contributed by atoms with Gasteiger partial charge in [-0.25, -0.2) is 0 Å². The molecule has 4 heterocycles. The predicted molar refractivity (Wildman–Crippen MR) is 92.2 cm³/mol. The van der Waals surface area contributed by atoms with Crippen LogP contribution in [0.25, 0.3) is 0 Å². The highest BCUT2D eigenvalue weighted by molar-refractivity contribution is 5.89. The number of piperidine rings is 2. The van der Waals surface area contributed by atoms with Gasteiger partial charge in [0, 0.05) is 38.0 Å². The van der Waals surface area contributed by atoms with Crippen LogP contribution in [-0.4, -0.2) is 58.9 Å². The van der Waals surface area contributed by atoms with Crippen LogP contribution in [0, 0.1) is 0 Å². The van der Waals surface area contributed by atoms with Crippen molar-refractivity contribution in [3.05, 3.63) is 35.4 Å². The van der Waals surface area contributed by atoms with Crippen molar-refractivity contribution in [2.75, 3.05) is 13.1 Å². The summed E-state index contributed by atoms with van der Waals surface area (Å²) < 4.78 is 5.15. The maximum atomic E-state index is 13.1. The van der Waals surface area contributed by atoms with E-state index in [1.54, 1.807) is 0 Å². The minimum Gasteiger partial charge on any atom is -0.452 e. The lowest BCUT2D eigenvalue weighted by Gasteiger charge is -2.53. The number of hydrogen-bond acceptors (Lipinski definition) is 4. The maximum Gasteiger partial charge on any atom is 0.306 e. The fourth-order valence-corrected chi connectivity index (χ4v) is 4.93. The number of carbonyl (C=O) groups is 3. The maximum absolute atomic E-state index is 13.1. The first kappa shape index (κ1) is 15.9. The molecule has 0 aromatic heterocycles. The van der Waals surface area contributed by atoms with Crippen LogP contribution in [0.5, 0.6) is 0 Å². The Labute approximate surface area is 152 Å². The van der Waals surface area contributed by atoms with Gasteiger partial charge in [0.15, 0.2) is 6.10 Å². The van der Waals surface area contributed by atoms with E-state index < -0.39 is 6.10 Å². The summed E-state index contributed by atoms with van der Waals surface area (Å²) in [6.07, 6.45) is 2.87. The van der Waals surface area contributed by atoms with E-state index in [2.05, 4.69) is 6.07 Å². The SMILES string of the molecule is O=C1CC[C@@H](C(=O)N2CC3CCC2CN3C(=O)C2Cc3ccccc32)O1. The minimum atomic E-state index is -0.621. The van der Waals surface area contributed by atoms with E-state index in [4.69, 9.17) is 4.74 Å². The van der Waals surface area contributed by atoms with E-state index in [0.717, 1.165) is 24.8 Å². The summed E-state index contributed by atoms with van der Waals surface area (Å²) in [5.41, 5.74) is 2.43. The molecule has 0 saturated carbocycles. The third-order valence-corrected chi connectivity index (χ3v) is 6.41. The first-order valence-corrected chi connectivity index (χ1v) is 9.50. The van der Waals surface area contributed by atoms with Crippen molar-refractivity contribution in [1.29, 1.82) is 0 Å². The van der Waals surface area contributed by atoms with Crippen molar-refractivity contribution in [3.63, 3.8) is 0 Å². The zero-order valence-electron chi connectivity index (χ0n) is 14.6. The zero-order valence-corrected chi connectivity index (χ0v) is 14.6. The van der Waals surface area contributed by atoms with Crippen molar-refractivity contribution in [2.45, 2.75) is 56.2 Å². The Morgan fingerprint density at radius 2 is 1.65 bits per heavy atom. The molecule has 1 aromatic rings. The van der Waals surface area contributed by atoms with Gasteiger partial charge in [0.2, 0.25) is 5.91 Å². The third kappa shape index (κ3) is 2.35. The van der Waals surface area contributed by atoms with E-state index in [1.807, 2.05) is 28.0 Å². The summed E-state index contributed by atoms with van der Waals surface area (Å²) in [5.74, 6) is -0.180. The molecule has 26 heavy (non-hydrogen) atoms. The van der Waals surface area contributed by atoms with Crippen LogP contribution in [-0.2, 0) is 25.5 Å². The number of rotatable bonds is 2. The molecule has 4 aliphatic heterocycles. The molecule has 5 aliphatic rings.